The molecular formula is C23H19N3. The molecule has 2 N–H and O–H groups in total. The van der Waals surface area contributed by atoms with Crippen LogP contribution in [0.5, 0.6) is 0 Å². The molecular weight excluding hydrogens is 318 g/mol. The second-order valence-electron chi connectivity index (χ2n) is 6.00. The highest BCUT2D eigenvalue weighted by molar-refractivity contribution is 5.77. The maximum atomic E-state index is 5.81. The maximum absolute atomic E-state index is 5.81. The van der Waals surface area contributed by atoms with Gasteiger partial charge in [-0.2, -0.15) is 0 Å². The summed E-state index contributed by atoms with van der Waals surface area (Å²) in [6.07, 6.45) is 0. The molecule has 0 amide bonds. The minimum atomic E-state index is 0.529. The van der Waals surface area contributed by atoms with E-state index in [1.807, 2.05) is 24.3 Å². The molecule has 3 aromatic carbocycles. The second kappa shape index (κ2) is 7.11. The SMILES string of the molecule is Nc1cccc(-c2ccc(N(c3ccccc3)c3ccccc3)cc2)n1. The molecule has 1 heterocycles. The fourth-order valence-electron chi connectivity index (χ4n) is 2.99. The molecule has 0 aliphatic carbocycles. The van der Waals surface area contributed by atoms with Crippen LogP contribution in [0.1, 0.15) is 0 Å². The van der Waals surface area contributed by atoms with E-state index in [-0.39, 0.29) is 0 Å². The highest BCUT2D eigenvalue weighted by Gasteiger charge is 2.11. The van der Waals surface area contributed by atoms with E-state index in [1.54, 1.807) is 6.07 Å². The zero-order valence-corrected chi connectivity index (χ0v) is 14.3. The highest BCUT2D eigenvalue weighted by Crippen LogP contribution is 2.34. The number of nitrogens with two attached hydrogens (primary N) is 1. The summed E-state index contributed by atoms with van der Waals surface area (Å²) < 4.78 is 0. The van der Waals surface area contributed by atoms with Gasteiger partial charge in [0.25, 0.3) is 0 Å². The van der Waals surface area contributed by atoms with E-state index in [2.05, 4.69) is 82.7 Å². The van der Waals surface area contributed by atoms with Crippen LogP contribution in [0.4, 0.5) is 22.9 Å². The lowest BCUT2D eigenvalue weighted by molar-refractivity contribution is 1.28. The molecule has 0 saturated carbocycles. The normalized spacial score (nSPS) is 10.5. The van der Waals surface area contributed by atoms with Crippen molar-refractivity contribution in [1.29, 1.82) is 0 Å². The van der Waals surface area contributed by atoms with Crippen LogP contribution in [0.3, 0.4) is 0 Å². The fourth-order valence-corrected chi connectivity index (χ4v) is 2.99. The summed E-state index contributed by atoms with van der Waals surface area (Å²) in [5.41, 5.74) is 11.1. The summed E-state index contributed by atoms with van der Waals surface area (Å²) in [4.78, 5) is 6.63. The van der Waals surface area contributed by atoms with Crippen molar-refractivity contribution in [2.45, 2.75) is 0 Å². The number of aromatic nitrogens is 1. The molecule has 0 fully saturated rings. The number of hydrogen-bond donors (Lipinski definition) is 1. The highest BCUT2D eigenvalue weighted by atomic mass is 15.1. The minimum absolute atomic E-state index is 0.529. The lowest BCUT2D eigenvalue weighted by Crippen LogP contribution is -2.09. The van der Waals surface area contributed by atoms with Gasteiger partial charge in [-0.05, 0) is 48.5 Å². The topological polar surface area (TPSA) is 42.1 Å². The third-order valence-electron chi connectivity index (χ3n) is 4.22. The number of rotatable bonds is 4. The Balaban J connectivity index is 1.75. The summed E-state index contributed by atoms with van der Waals surface area (Å²) in [5, 5.41) is 0. The zero-order chi connectivity index (χ0) is 17.8. The van der Waals surface area contributed by atoms with Crippen molar-refractivity contribution < 1.29 is 0 Å². The summed E-state index contributed by atoms with van der Waals surface area (Å²) in [7, 11) is 0. The largest absolute Gasteiger partial charge is 0.384 e. The molecule has 0 spiro atoms. The van der Waals surface area contributed by atoms with Gasteiger partial charge in [0.1, 0.15) is 5.82 Å². The van der Waals surface area contributed by atoms with Gasteiger partial charge in [-0.3, -0.25) is 0 Å². The lowest BCUT2D eigenvalue weighted by atomic mass is 10.1. The number of para-hydroxylation sites is 2. The molecule has 1 aromatic heterocycles. The summed E-state index contributed by atoms with van der Waals surface area (Å²) in [5.74, 6) is 0.529. The first kappa shape index (κ1) is 15.9. The van der Waals surface area contributed by atoms with Crippen LogP contribution in [0, 0.1) is 0 Å². The van der Waals surface area contributed by atoms with E-state index in [4.69, 9.17) is 5.73 Å². The third kappa shape index (κ3) is 3.28. The molecule has 4 aromatic rings. The van der Waals surface area contributed by atoms with Gasteiger partial charge in [0.05, 0.1) is 5.69 Å². The number of benzene rings is 3. The zero-order valence-electron chi connectivity index (χ0n) is 14.3. The molecule has 0 saturated heterocycles. The number of hydrogen-bond acceptors (Lipinski definition) is 3. The number of anilines is 4. The van der Waals surface area contributed by atoms with Crippen LogP contribution < -0.4 is 10.6 Å². The molecule has 0 bridgehead atoms. The molecule has 0 aliphatic heterocycles. The van der Waals surface area contributed by atoms with Crippen LogP contribution in [-0.2, 0) is 0 Å². The van der Waals surface area contributed by atoms with Gasteiger partial charge < -0.3 is 10.6 Å². The van der Waals surface area contributed by atoms with Crippen LogP contribution in [0.2, 0.25) is 0 Å². The van der Waals surface area contributed by atoms with Gasteiger partial charge in [-0.1, -0.05) is 54.6 Å². The summed E-state index contributed by atoms with van der Waals surface area (Å²) in [6, 6.07) is 34.8. The lowest BCUT2D eigenvalue weighted by Gasteiger charge is -2.25. The molecule has 3 heteroatoms. The first-order valence-electron chi connectivity index (χ1n) is 8.54. The van der Waals surface area contributed by atoms with Gasteiger partial charge in [-0.15, -0.1) is 0 Å². The van der Waals surface area contributed by atoms with Crippen LogP contribution in [0.25, 0.3) is 11.3 Å². The Morgan fingerprint density at radius 3 is 1.62 bits per heavy atom. The standard InChI is InChI=1S/C23H19N3/c24-23-13-7-12-22(25-23)18-14-16-21(17-15-18)26(19-8-3-1-4-9-19)20-10-5-2-6-11-20/h1-17H,(H2,24,25). The average molecular weight is 337 g/mol. The van der Waals surface area contributed by atoms with E-state index >= 15 is 0 Å². The molecule has 26 heavy (non-hydrogen) atoms. The maximum Gasteiger partial charge on any atom is 0.124 e. The molecule has 0 aliphatic rings. The molecule has 0 unspecified atom stereocenters. The van der Waals surface area contributed by atoms with Crippen molar-refractivity contribution in [1.82, 2.24) is 4.98 Å². The molecule has 4 rings (SSSR count). The Morgan fingerprint density at radius 1 is 0.538 bits per heavy atom. The summed E-state index contributed by atoms with van der Waals surface area (Å²) >= 11 is 0. The average Bonchev–Trinajstić information content (AvgIpc) is 2.70. The Labute approximate surface area is 153 Å². The van der Waals surface area contributed by atoms with Crippen molar-refractivity contribution in [2.24, 2.45) is 0 Å². The number of nitrogens with zero attached hydrogens (tertiary/aromatic N) is 2. The van der Waals surface area contributed by atoms with E-state index in [0.717, 1.165) is 28.3 Å². The Kier molecular flexibility index (Phi) is 4.35. The third-order valence-corrected chi connectivity index (χ3v) is 4.22. The second-order valence-corrected chi connectivity index (χ2v) is 6.00. The Hall–Kier alpha value is -3.59. The van der Waals surface area contributed by atoms with E-state index in [9.17, 15) is 0 Å². The Bertz CT molecular complexity index is 941. The van der Waals surface area contributed by atoms with Gasteiger partial charge in [0.15, 0.2) is 0 Å². The fraction of sp³-hybridized carbons (Fsp3) is 0. The van der Waals surface area contributed by atoms with Crippen molar-refractivity contribution in [2.75, 3.05) is 10.6 Å². The van der Waals surface area contributed by atoms with Gasteiger partial charge in [-0.25, -0.2) is 4.98 Å². The van der Waals surface area contributed by atoms with E-state index in [0.29, 0.717) is 5.82 Å². The monoisotopic (exact) mass is 337 g/mol. The molecule has 0 atom stereocenters. The number of nitrogen functional groups attached to an aromatic ring is 1. The first-order chi connectivity index (χ1) is 12.8. The predicted molar refractivity (Wildman–Crippen MR) is 109 cm³/mol. The molecule has 126 valence electrons. The van der Waals surface area contributed by atoms with Crippen molar-refractivity contribution in [3.05, 3.63) is 103 Å². The summed E-state index contributed by atoms with van der Waals surface area (Å²) in [6.45, 7) is 0. The molecule has 3 nitrogen and oxygen atoms in total. The molecule has 0 radical (unpaired) electrons. The Morgan fingerprint density at radius 2 is 1.08 bits per heavy atom. The minimum Gasteiger partial charge on any atom is -0.384 e. The van der Waals surface area contributed by atoms with Gasteiger partial charge in [0.2, 0.25) is 0 Å². The van der Waals surface area contributed by atoms with Crippen LogP contribution >= 0.6 is 0 Å². The van der Waals surface area contributed by atoms with Crippen molar-refractivity contribution in [3.63, 3.8) is 0 Å². The quantitative estimate of drug-likeness (QED) is 0.511. The van der Waals surface area contributed by atoms with Crippen LogP contribution in [0.15, 0.2) is 103 Å². The van der Waals surface area contributed by atoms with Crippen molar-refractivity contribution >= 4 is 22.9 Å². The van der Waals surface area contributed by atoms with Gasteiger partial charge in [0, 0.05) is 22.6 Å². The van der Waals surface area contributed by atoms with Crippen molar-refractivity contribution in [3.8, 4) is 11.3 Å². The predicted octanol–water partition coefficient (Wildman–Crippen LogP) is 5.80. The van der Waals surface area contributed by atoms with E-state index < -0.39 is 0 Å². The van der Waals surface area contributed by atoms with E-state index in [1.165, 1.54) is 0 Å². The number of pyridine rings is 1. The smallest absolute Gasteiger partial charge is 0.124 e. The van der Waals surface area contributed by atoms with Crippen LogP contribution in [-0.4, -0.2) is 4.98 Å². The first-order valence-corrected chi connectivity index (χ1v) is 8.54. The van der Waals surface area contributed by atoms with Gasteiger partial charge >= 0.3 is 0 Å².